The average Bonchev–Trinajstić information content (AvgIpc) is 3.49. The minimum absolute atomic E-state index is 0.00475. The van der Waals surface area contributed by atoms with Gasteiger partial charge >= 0.3 is 0 Å². The van der Waals surface area contributed by atoms with E-state index < -0.39 is 170 Å². The fourth-order valence-electron chi connectivity index (χ4n) is 11.6. The molecule has 83 heavy (non-hydrogen) atoms. The number of para-hydroxylation sites is 1. The molecule has 25 unspecified atom stereocenters. The van der Waals surface area contributed by atoms with Gasteiger partial charge in [0.2, 0.25) is 0 Å². The highest BCUT2D eigenvalue weighted by atomic mass is 32.2. The van der Waals surface area contributed by atoms with Crippen LogP contribution in [0.25, 0.3) is 0 Å². The van der Waals surface area contributed by atoms with Crippen molar-refractivity contribution in [2.75, 3.05) is 70.9 Å². The minimum atomic E-state index is -1.67. The molecule has 16 N–H and O–H groups in total. The van der Waals surface area contributed by atoms with Crippen LogP contribution in [0.3, 0.4) is 0 Å². The van der Waals surface area contributed by atoms with Crippen LogP contribution >= 0.6 is 11.8 Å². The van der Waals surface area contributed by atoms with Crippen molar-refractivity contribution in [1.29, 1.82) is 0 Å². The van der Waals surface area contributed by atoms with Gasteiger partial charge in [-0.3, -0.25) is 9.59 Å². The van der Waals surface area contributed by atoms with Crippen molar-refractivity contribution < 1.29 is 124 Å². The highest BCUT2D eigenvalue weighted by Crippen LogP contribution is 2.36. The van der Waals surface area contributed by atoms with Crippen molar-refractivity contribution >= 4 is 24.0 Å². The van der Waals surface area contributed by atoms with Gasteiger partial charge in [-0.25, -0.2) is 0 Å². The zero-order valence-corrected chi connectivity index (χ0v) is 48.4. The summed E-state index contributed by atoms with van der Waals surface area (Å²) < 4.78 is 47.9. The molecule has 0 bridgehead atoms. The fraction of sp³-hybridized carbons (Fsp3) is 0.857. The Hall–Kier alpha value is -2.37. The lowest BCUT2D eigenvalue weighted by Gasteiger charge is -2.45. The monoisotopic (exact) mass is 1210 g/mol. The van der Waals surface area contributed by atoms with E-state index in [4.69, 9.17) is 37.9 Å². The summed E-state index contributed by atoms with van der Waals surface area (Å²) in [4.78, 5) is 23.8. The fourth-order valence-corrected chi connectivity index (χ4v) is 12.6. The quantitative estimate of drug-likeness (QED) is 0.0263. The summed E-state index contributed by atoms with van der Waals surface area (Å²) in [6.07, 6.45) is -24.7. The lowest BCUT2D eigenvalue weighted by atomic mass is 9.77. The Balaban J connectivity index is 0.963. The number of aldehydes is 1. The van der Waals surface area contributed by atoms with Crippen LogP contribution < -0.4 is 5.32 Å². The van der Waals surface area contributed by atoms with E-state index in [0.717, 1.165) is 6.42 Å². The molecule has 1 aliphatic carbocycles. The van der Waals surface area contributed by atoms with Crippen LogP contribution in [0.1, 0.15) is 86.9 Å². The molecule has 25 atom stereocenters. The molecule has 4 heterocycles. The van der Waals surface area contributed by atoms with E-state index in [2.05, 4.69) is 5.32 Å². The Morgan fingerprint density at radius 2 is 1.13 bits per heavy atom. The average molecular weight is 1210 g/mol. The molecule has 5 aliphatic rings. The number of benzene rings is 1. The van der Waals surface area contributed by atoms with Crippen LogP contribution in [-0.2, 0) is 37.9 Å². The normalized spacial score (nSPS) is 39.7. The van der Waals surface area contributed by atoms with Gasteiger partial charge in [0.25, 0.3) is 5.91 Å². The van der Waals surface area contributed by atoms with E-state index in [1.807, 2.05) is 27.7 Å². The second-order valence-electron chi connectivity index (χ2n) is 23.7. The van der Waals surface area contributed by atoms with Gasteiger partial charge in [-0.2, -0.15) is 11.8 Å². The van der Waals surface area contributed by atoms with E-state index in [1.165, 1.54) is 30.0 Å². The number of nitrogens with one attached hydrogen (secondary N) is 1. The Morgan fingerprint density at radius 3 is 1.80 bits per heavy atom. The molecule has 0 radical (unpaired) electrons. The molecule has 1 aromatic carbocycles. The number of thioether (sulfide) groups is 1. The highest BCUT2D eigenvalue weighted by Gasteiger charge is 2.50. The zero-order valence-electron chi connectivity index (χ0n) is 47.6. The number of ether oxygens (including phenoxy) is 8. The molecular weight excluding hydrogens is 1120 g/mol. The van der Waals surface area contributed by atoms with Crippen molar-refractivity contribution in [2.45, 2.75) is 195 Å². The number of phenols is 1. The SMILES string of the molecule is CC(C)CCC1OC(COCCC2OC(OCCC3OC(CC(C)C)C(COCC4OC(CO)C(O)C(O)C4COCC4CC(CSCCNC(=O)c5cccc(C=O)c5O)C(O)C(O)C4O)C(O)C3O)C(O)C(O)C2O)C(O)C(O)C1O. The maximum Gasteiger partial charge on any atom is 0.255 e. The molecule has 0 aromatic heterocycles. The van der Waals surface area contributed by atoms with Gasteiger partial charge in [0.1, 0.15) is 72.9 Å². The van der Waals surface area contributed by atoms with Gasteiger partial charge in [0, 0.05) is 36.7 Å². The first-order valence-electron chi connectivity index (χ1n) is 29.0. The van der Waals surface area contributed by atoms with Gasteiger partial charge in [-0.15, -0.1) is 0 Å². The maximum atomic E-state index is 12.6. The third-order valence-corrected chi connectivity index (χ3v) is 17.9. The second kappa shape index (κ2) is 33.3. The maximum absolute atomic E-state index is 12.6. The molecule has 1 aromatic rings. The number of aromatic hydroxyl groups is 1. The van der Waals surface area contributed by atoms with Crippen LogP contribution in [0.2, 0.25) is 0 Å². The van der Waals surface area contributed by atoms with E-state index in [9.17, 15) is 86.2 Å². The van der Waals surface area contributed by atoms with Crippen molar-refractivity contribution in [2.24, 2.45) is 35.5 Å². The zero-order chi connectivity index (χ0) is 60.8. The minimum Gasteiger partial charge on any atom is -0.506 e. The Morgan fingerprint density at radius 1 is 0.590 bits per heavy atom. The van der Waals surface area contributed by atoms with Crippen LogP contribution in [0, 0.1) is 35.5 Å². The summed E-state index contributed by atoms with van der Waals surface area (Å²) in [5.41, 5.74) is -0.0795. The first kappa shape index (κ1) is 69.7. The number of hydrogen-bond acceptors (Lipinski definition) is 26. The number of hydrogen-bond donors (Lipinski definition) is 16. The number of aliphatic hydroxyl groups excluding tert-OH is 14. The van der Waals surface area contributed by atoms with E-state index >= 15 is 0 Å². The number of amides is 1. The standard InChI is InChI=1S/C56H93NO25S/c1-26(2)8-9-34-47(66)52(71)50(69)40(80-34)24-75-13-10-36-48(67)53(72)54(73)56(82-36)78-14-11-35-46(65)44(63)32(37(79-35)16-27(3)4)21-77-23-39-33(45(64)49(68)38(19-59)81-39)22-76-20-29-17-30(43(62)51(70)42(29)61)25-83-15-12-57-55(74)31-7-5-6-28(18-58)41(31)60/h5-7,18,26-27,29-30,32-40,42-54,56,59-73H,8-17,19-25H2,1-4H3,(H,57,74). The van der Waals surface area contributed by atoms with Crippen molar-refractivity contribution in [3.8, 4) is 5.75 Å². The van der Waals surface area contributed by atoms with E-state index in [0.29, 0.717) is 36.6 Å². The molecule has 1 saturated carbocycles. The predicted octanol–water partition coefficient (Wildman–Crippen LogP) is -3.42. The molecule has 6 rings (SSSR count). The van der Waals surface area contributed by atoms with Gasteiger partial charge < -0.3 is 120 Å². The molecule has 4 aliphatic heterocycles. The number of aliphatic hydroxyl groups is 14. The summed E-state index contributed by atoms with van der Waals surface area (Å²) >= 11 is 1.38. The van der Waals surface area contributed by atoms with Crippen LogP contribution in [-0.4, -0.2) is 288 Å². The molecular formula is C56H93NO25S. The van der Waals surface area contributed by atoms with Crippen LogP contribution in [0.4, 0.5) is 0 Å². The smallest absolute Gasteiger partial charge is 0.255 e. The first-order chi connectivity index (χ1) is 39.5. The Labute approximate surface area is 487 Å². The van der Waals surface area contributed by atoms with Crippen LogP contribution in [0.5, 0.6) is 5.75 Å². The van der Waals surface area contributed by atoms with Gasteiger partial charge in [0.15, 0.2) is 12.6 Å². The van der Waals surface area contributed by atoms with Crippen molar-refractivity contribution in [3.63, 3.8) is 0 Å². The van der Waals surface area contributed by atoms with Gasteiger partial charge in [-0.1, -0.05) is 33.8 Å². The third-order valence-electron chi connectivity index (χ3n) is 16.7. The van der Waals surface area contributed by atoms with Gasteiger partial charge in [0.05, 0.1) is 112 Å². The number of carbonyl (C=O) groups excluding carboxylic acids is 2. The number of phenolic OH excluding ortho intramolecular Hbond substituents is 1. The molecule has 4 saturated heterocycles. The van der Waals surface area contributed by atoms with E-state index in [-0.39, 0.29) is 89.1 Å². The Bertz CT molecular complexity index is 2090. The van der Waals surface area contributed by atoms with Crippen molar-refractivity contribution in [3.05, 3.63) is 29.3 Å². The first-order valence-corrected chi connectivity index (χ1v) is 30.2. The van der Waals surface area contributed by atoms with Crippen LogP contribution in [0.15, 0.2) is 18.2 Å². The summed E-state index contributed by atoms with van der Waals surface area (Å²) in [6, 6.07) is 4.23. The molecule has 1 amide bonds. The Kier molecular flexibility index (Phi) is 28.0. The largest absolute Gasteiger partial charge is 0.506 e. The molecule has 26 nitrogen and oxygen atoms in total. The topological polar surface area (TPSA) is 423 Å². The lowest BCUT2D eigenvalue weighted by Crippen LogP contribution is -2.59. The highest BCUT2D eigenvalue weighted by molar-refractivity contribution is 7.99. The molecule has 478 valence electrons. The number of carbonyl (C=O) groups is 2. The summed E-state index contributed by atoms with van der Waals surface area (Å²) in [7, 11) is 0. The summed E-state index contributed by atoms with van der Waals surface area (Å²) in [5, 5.41) is 164. The summed E-state index contributed by atoms with van der Waals surface area (Å²) in [6.45, 7) is 6.29. The molecule has 0 spiro atoms. The molecule has 27 heteroatoms. The predicted molar refractivity (Wildman–Crippen MR) is 293 cm³/mol. The number of rotatable bonds is 30. The van der Waals surface area contributed by atoms with Crippen molar-refractivity contribution in [1.82, 2.24) is 5.32 Å². The van der Waals surface area contributed by atoms with Gasteiger partial charge in [-0.05, 0) is 74.2 Å². The molecule has 5 fully saturated rings. The lowest BCUT2D eigenvalue weighted by molar-refractivity contribution is -0.301. The van der Waals surface area contributed by atoms with E-state index in [1.54, 1.807) is 0 Å². The summed E-state index contributed by atoms with van der Waals surface area (Å²) in [5.74, 6) is -2.80. The second-order valence-corrected chi connectivity index (χ2v) is 24.9. The third kappa shape index (κ3) is 18.4.